The van der Waals surface area contributed by atoms with E-state index < -0.39 is 23.0 Å². The molecule has 0 bridgehead atoms. The van der Waals surface area contributed by atoms with Crippen LogP contribution in [0.15, 0.2) is 4.52 Å². The van der Waals surface area contributed by atoms with Crippen molar-refractivity contribution >= 4 is 17.8 Å². The predicted octanol–water partition coefficient (Wildman–Crippen LogP) is 1.58. The van der Waals surface area contributed by atoms with Crippen molar-refractivity contribution in [2.24, 2.45) is 0 Å². The smallest absolute Gasteiger partial charge is 0.325 e. The van der Waals surface area contributed by atoms with Crippen LogP contribution < -0.4 is 10.6 Å². The van der Waals surface area contributed by atoms with E-state index in [4.69, 9.17) is 4.52 Å². The van der Waals surface area contributed by atoms with Gasteiger partial charge in [0.05, 0.1) is 5.54 Å². The summed E-state index contributed by atoms with van der Waals surface area (Å²) >= 11 is 0. The van der Waals surface area contributed by atoms with Crippen LogP contribution in [0.4, 0.5) is 4.79 Å². The third-order valence-electron chi connectivity index (χ3n) is 5.08. The quantitative estimate of drug-likeness (QED) is 0.769. The number of urea groups is 1. The zero-order chi connectivity index (χ0) is 20.0. The summed E-state index contributed by atoms with van der Waals surface area (Å²) in [5, 5.41) is 9.52. The first kappa shape index (κ1) is 19.3. The third-order valence-corrected chi connectivity index (χ3v) is 5.08. The number of imide groups is 1. The SMILES string of the molecule is CC(C)(C)c1nc(C(C)(C)NC(=O)CN2C(=O)NC3(CCCC3)C2=O)no1. The first-order chi connectivity index (χ1) is 12.4. The number of aromatic nitrogens is 2. The molecule has 0 aromatic carbocycles. The fourth-order valence-electron chi connectivity index (χ4n) is 3.51. The molecule has 1 saturated heterocycles. The Morgan fingerprint density at radius 2 is 1.85 bits per heavy atom. The summed E-state index contributed by atoms with van der Waals surface area (Å²) in [6.07, 6.45) is 3.04. The molecule has 9 nitrogen and oxygen atoms in total. The monoisotopic (exact) mass is 377 g/mol. The lowest BCUT2D eigenvalue weighted by molar-refractivity contribution is -0.135. The van der Waals surface area contributed by atoms with Crippen molar-refractivity contribution < 1.29 is 18.9 Å². The topological polar surface area (TPSA) is 117 Å². The molecule has 4 amide bonds. The minimum absolute atomic E-state index is 0.305. The van der Waals surface area contributed by atoms with Crippen LogP contribution in [-0.4, -0.2) is 45.0 Å². The Morgan fingerprint density at radius 1 is 1.22 bits per heavy atom. The van der Waals surface area contributed by atoms with E-state index in [0.717, 1.165) is 17.7 Å². The van der Waals surface area contributed by atoms with E-state index in [-0.39, 0.29) is 17.9 Å². The van der Waals surface area contributed by atoms with Crippen LogP contribution in [-0.2, 0) is 20.5 Å². The van der Waals surface area contributed by atoms with Gasteiger partial charge in [-0.1, -0.05) is 38.8 Å². The van der Waals surface area contributed by atoms with Crippen LogP contribution in [0.2, 0.25) is 0 Å². The summed E-state index contributed by atoms with van der Waals surface area (Å²) in [7, 11) is 0. The lowest BCUT2D eigenvalue weighted by Crippen LogP contribution is -2.49. The van der Waals surface area contributed by atoms with Gasteiger partial charge in [0.15, 0.2) is 5.82 Å². The van der Waals surface area contributed by atoms with Gasteiger partial charge in [-0.2, -0.15) is 4.98 Å². The van der Waals surface area contributed by atoms with Gasteiger partial charge in [0.1, 0.15) is 12.1 Å². The second kappa shape index (κ2) is 6.31. The summed E-state index contributed by atoms with van der Waals surface area (Å²) in [6.45, 7) is 9.00. The van der Waals surface area contributed by atoms with Crippen molar-refractivity contribution in [1.29, 1.82) is 0 Å². The van der Waals surface area contributed by atoms with Gasteiger partial charge < -0.3 is 15.2 Å². The molecular weight excluding hydrogens is 350 g/mol. The molecule has 3 rings (SSSR count). The summed E-state index contributed by atoms with van der Waals surface area (Å²) in [5.41, 5.74) is -2.03. The van der Waals surface area contributed by atoms with E-state index in [0.29, 0.717) is 24.6 Å². The molecule has 27 heavy (non-hydrogen) atoms. The molecule has 1 aliphatic heterocycles. The Kier molecular flexibility index (Phi) is 4.52. The van der Waals surface area contributed by atoms with Crippen LogP contribution in [0, 0.1) is 0 Å². The average Bonchev–Trinajstić information content (AvgIpc) is 3.24. The maximum Gasteiger partial charge on any atom is 0.325 e. The minimum atomic E-state index is -0.908. The molecule has 1 saturated carbocycles. The second-order valence-corrected chi connectivity index (χ2v) is 8.96. The molecule has 1 spiro atoms. The number of rotatable bonds is 4. The third kappa shape index (κ3) is 3.54. The minimum Gasteiger partial charge on any atom is -0.342 e. The van der Waals surface area contributed by atoms with Crippen molar-refractivity contribution in [3.8, 4) is 0 Å². The largest absolute Gasteiger partial charge is 0.342 e. The van der Waals surface area contributed by atoms with Crippen LogP contribution in [0.25, 0.3) is 0 Å². The molecule has 1 aromatic rings. The highest BCUT2D eigenvalue weighted by atomic mass is 16.5. The van der Waals surface area contributed by atoms with E-state index >= 15 is 0 Å². The maximum absolute atomic E-state index is 12.6. The fraction of sp³-hybridized carbons (Fsp3) is 0.722. The Hall–Kier alpha value is -2.45. The van der Waals surface area contributed by atoms with E-state index in [1.54, 1.807) is 13.8 Å². The molecular formula is C18H27N5O4. The highest BCUT2D eigenvalue weighted by molar-refractivity contribution is 6.09. The highest BCUT2D eigenvalue weighted by Crippen LogP contribution is 2.35. The number of nitrogens with one attached hydrogen (secondary N) is 2. The number of hydrogen-bond donors (Lipinski definition) is 2. The zero-order valence-corrected chi connectivity index (χ0v) is 16.5. The van der Waals surface area contributed by atoms with Gasteiger partial charge in [-0.3, -0.25) is 14.5 Å². The zero-order valence-electron chi connectivity index (χ0n) is 16.5. The van der Waals surface area contributed by atoms with Crippen molar-refractivity contribution in [3.63, 3.8) is 0 Å². The Bertz CT molecular complexity index is 771. The number of amides is 4. The molecule has 2 fully saturated rings. The molecule has 148 valence electrons. The predicted molar refractivity (Wildman–Crippen MR) is 95.6 cm³/mol. The van der Waals surface area contributed by atoms with E-state index in [1.807, 2.05) is 20.8 Å². The van der Waals surface area contributed by atoms with E-state index in [2.05, 4.69) is 20.8 Å². The second-order valence-electron chi connectivity index (χ2n) is 8.96. The Balaban J connectivity index is 1.67. The van der Waals surface area contributed by atoms with Gasteiger partial charge in [-0.15, -0.1) is 0 Å². The molecule has 1 aromatic heterocycles. The van der Waals surface area contributed by atoms with E-state index in [9.17, 15) is 14.4 Å². The van der Waals surface area contributed by atoms with Crippen molar-refractivity contribution in [2.75, 3.05) is 6.54 Å². The molecule has 1 aliphatic carbocycles. The van der Waals surface area contributed by atoms with Crippen LogP contribution in [0.3, 0.4) is 0 Å². The van der Waals surface area contributed by atoms with Gasteiger partial charge in [-0.25, -0.2) is 4.79 Å². The maximum atomic E-state index is 12.6. The molecule has 0 atom stereocenters. The summed E-state index contributed by atoms with van der Waals surface area (Å²) in [6, 6.07) is -0.510. The number of hydrogen-bond acceptors (Lipinski definition) is 6. The summed E-state index contributed by atoms with van der Waals surface area (Å²) in [5.74, 6) is 0.0375. The van der Waals surface area contributed by atoms with E-state index in [1.165, 1.54) is 0 Å². The molecule has 0 radical (unpaired) electrons. The van der Waals surface area contributed by atoms with Gasteiger partial charge in [-0.05, 0) is 26.7 Å². The normalized spacial score (nSPS) is 19.7. The van der Waals surface area contributed by atoms with Crippen molar-refractivity contribution in [2.45, 2.75) is 76.8 Å². The van der Waals surface area contributed by atoms with Crippen LogP contribution >= 0.6 is 0 Å². The average molecular weight is 377 g/mol. The Morgan fingerprint density at radius 3 is 2.41 bits per heavy atom. The first-order valence-electron chi connectivity index (χ1n) is 9.24. The van der Waals surface area contributed by atoms with Gasteiger partial charge >= 0.3 is 6.03 Å². The first-order valence-corrected chi connectivity index (χ1v) is 9.24. The molecule has 2 N–H and O–H groups in total. The van der Waals surface area contributed by atoms with Gasteiger partial charge in [0.25, 0.3) is 5.91 Å². The summed E-state index contributed by atoms with van der Waals surface area (Å²) in [4.78, 5) is 42.7. The van der Waals surface area contributed by atoms with Crippen molar-refractivity contribution in [3.05, 3.63) is 11.7 Å². The lowest BCUT2D eigenvalue weighted by Gasteiger charge is -2.24. The number of carbonyl (C=O) groups is 3. The number of nitrogens with zero attached hydrogens (tertiary/aromatic N) is 3. The lowest BCUT2D eigenvalue weighted by atomic mass is 9.97. The van der Waals surface area contributed by atoms with Gasteiger partial charge in [0.2, 0.25) is 11.8 Å². The van der Waals surface area contributed by atoms with Gasteiger partial charge in [0, 0.05) is 5.41 Å². The molecule has 9 heteroatoms. The Labute approximate surface area is 158 Å². The van der Waals surface area contributed by atoms with Crippen LogP contribution in [0.5, 0.6) is 0 Å². The highest BCUT2D eigenvalue weighted by Gasteiger charge is 2.52. The summed E-state index contributed by atoms with van der Waals surface area (Å²) < 4.78 is 5.29. The standard InChI is InChI=1S/C18H27N5O4/c1-16(2,3)13-19-12(22-27-13)17(4,5)20-11(24)10-23-14(25)18(21-15(23)26)8-6-7-9-18/h6-10H2,1-5H3,(H,20,24)(H,21,26). The van der Waals surface area contributed by atoms with Crippen LogP contribution in [0.1, 0.15) is 72.0 Å². The fourth-order valence-corrected chi connectivity index (χ4v) is 3.51. The number of carbonyl (C=O) groups excluding carboxylic acids is 3. The molecule has 2 aliphatic rings. The van der Waals surface area contributed by atoms with Crippen molar-refractivity contribution in [1.82, 2.24) is 25.7 Å². The molecule has 2 heterocycles. The molecule has 0 unspecified atom stereocenters.